The van der Waals surface area contributed by atoms with Crippen LogP contribution in [0.25, 0.3) is 0 Å². The monoisotopic (exact) mass is 169 g/mol. The summed E-state index contributed by atoms with van der Waals surface area (Å²) in [5.41, 5.74) is 0.0806. The smallest absolute Gasteiger partial charge is 0.156 e. The molecular weight excluding hydrogens is 150 g/mol. The van der Waals surface area contributed by atoms with Crippen LogP contribution in [0, 0.1) is 11.3 Å². The highest BCUT2D eigenvalue weighted by atomic mass is 16.1. The van der Waals surface area contributed by atoms with Gasteiger partial charge in [-0.3, -0.25) is 9.79 Å². The summed E-state index contributed by atoms with van der Waals surface area (Å²) < 4.78 is 0. The predicted octanol–water partition coefficient (Wildman–Crippen LogP) is 2.33. The Balaban J connectivity index is 3.84. The molecule has 70 valence electrons. The van der Waals surface area contributed by atoms with E-state index >= 15 is 0 Å². The molecule has 2 heteroatoms. The van der Waals surface area contributed by atoms with Gasteiger partial charge in [-0.1, -0.05) is 34.6 Å². The highest BCUT2D eigenvalue weighted by Gasteiger charge is 2.07. The fourth-order valence-electron chi connectivity index (χ4n) is 0.592. The Morgan fingerprint density at radius 1 is 1.42 bits per heavy atom. The average molecular weight is 169 g/mol. The molecule has 2 nitrogen and oxygen atoms in total. The molecule has 0 saturated heterocycles. The Kier molecular flexibility index (Phi) is 4.15. The van der Waals surface area contributed by atoms with Crippen LogP contribution in [-0.4, -0.2) is 18.5 Å². The number of carbonyl (C=O) groups is 1. The molecule has 0 aliphatic heterocycles. The van der Waals surface area contributed by atoms with E-state index in [1.165, 1.54) is 0 Å². The van der Waals surface area contributed by atoms with Crippen molar-refractivity contribution in [2.75, 3.05) is 6.54 Å². The molecule has 12 heavy (non-hydrogen) atoms. The van der Waals surface area contributed by atoms with Gasteiger partial charge in [-0.15, -0.1) is 0 Å². The molecule has 0 atom stereocenters. The molecule has 0 aliphatic rings. The van der Waals surface area contributed by atoms with Gasteiger partial charge in [-0.05, 0) is 5.41 Å². The SMILES string of the molecule is CC(C)C(=O)CN=CC(C)(C)C. The Morgan fingerprint density at radius 2 is 1.92 bits per heavy atom. The first-order valence-corrected chi connectivity index (χ1v) is 4.36. The van der Waals surface area contributed by atoms with Gasteiger partial charge >= 0.3 is 0 Å². The van der Waals surface area contributed by atoms with E-state index in [4.69, 9.17) is 0 Å². The summed E-state index contributed by atoms with van der Waals surface area (Å²) in [6.07, 6.45) is 1.84. The number of nitrogens with zero attached hydrogens (tertiary/aromatic N) is 1. The minimum atomic E-state index is 0.0806. The Morgan fingerprint density at radius 3 is 2.25 bits per heavy atom. The van der Waals surface area contributed by atoms with Crippen molar-refractivity contribution in [2.45, 2.75) is 34.6 Å². The molecule has 0 unspecified atom stereocenters. The lowest BCUT2D eigenvalue weighted by Crippen LogP contribution is -2.13. The van der Waals surface area contributed by atoms with E-state index in [-0.39, 0.29) is 17.1 Å². The summed E-state index contributed by atoms with van der Waals surface area (Å²) in [5.74, 6) is 0.303. The number of Topliss-reactive ketones (excluding diaryl/α,β-unsaturated/α-hetero) is 1. The van der Waals surface area contributed by atoms with E-state index in [1.54, 1.807) is 0 Å². The molecule has 0 amide bonds. The molecule has 0 radical (unpaired) electrons. The van der Waals surface area contributed by atoms with E-state index in [9.17, 15) is 4.79 Å². The molecular formula is C10H19NO. The molecule has 0 rings (SSSR count). The molecule has 0 saturated carbocycles. The second-order valence-electron chi connectivity index (χ2n) is 4.46. The van der Waals surface area contributed by atoms with E-state index < -0.39 is 0 Å². The van der Waals surface area contributed by atoms with Gasteiger partial charge < -0.3 is 0 Å². The van der Waals surface area contributed by atoms with Crippen molar-refractivity contribution < 1.29 is 4.79 Å². The summed E-state index contributed by atoms with van der Waals surface area (Å²) in [6, 6.07) is 0. The third-order valence-corrected chi connectivity index (χ3v) is 1.37. The summed E-state index contributed by atoms with van der Waals surface area (Å²) in [4.78, 5) is 15.2. The van der Waals surface area contributed by atoms with Gasteiger partial charge in [0.25, 0.3) is 0 Å². The fraction of sp³-hybridized carbons (Fsp3) is 0.800. The molecule has 0 aromatic heterocycles. The molecule has 0 heterocycles. The van der Waals surface area contributed by atoms with Crippen molar-refractivity contribution >= 4 is 12.0 Å². The first kappa shape index (κ1) is 11.3. The highest BCUT2D eigenvalue weighted by Crippen LogP contribution is 2.08. The molecule has 0 aromatic rings. The number of hydrogen-bond acceptors (Lipinski definition) is 2. The largest absolute Gasteiger partial charge is 0.297 e. The maximum atomic E-state index is 11.1. The van der Waals surface area contributed by atoms with Crippen molar-refractivity contribution in [3.05, 3.63) is 0 Å². The zero-order valence-corrected chi connectivity index (χ0v) is 8.72. The van der Waals surface area contributed by atoms with Gasteiger partial charge in [0.05, 0.1) is 6.54 Å². The van der Waals surface area contributed by atoms with E-state index in [1.807, 2.05) is 20.1 Å². The molecule has 0 aromatic carbocycles. The number of carbonyl (C=O) groups excluding carboxylic acids is 1. The van der Waals surface area contributed by atoms with Crippen LogP contribution in [0.1, 0.15) is 34.6 Å². The van der Waals surface area contributed by atoms with Crippen molar-refractivity contribution in [2.24, 2.45) is 16.3 Å². The minimum absolute atomic E-state index is 0.0806. The van der Waals surface area contributed by atoms with E-state index in [0.29, 0.717) is 6.54 Å². The lowest BCUT2D eigenvalue weighted by atomic mass is 9.99. The number of aliphatic imine (C=N–C) groups is 1. The number of rotatable bonds is 3. The Labute approximate surface area is 75.1 Å². The predicted molar refractivity (Wildman–Crippen MR) is 52.7 cm³/mol. The maximum absolute atomic E-state index is 11.1. The van der Waals surface area contributed by atoms with Gasteiger partial charge in [-0.25, -0.2) is 0 Å². The van der Waals surface area contributed by atoms with E-state index in [2.05, 4.69) is 25.8 Å². The van der Waals surface area contributed by atoms with Crippen LogP contribution in [-0.2, 0) is 4.79 Å². The third-order valence-electron chi connectivity index (χ3n) is 1.37. The second kappa shape index (κ2) is 4.39. The van der Waals surface area contributed by atoms with E-state index in [0.717, 1.165) is 0 Å². The van der Waals surface area contributed by atoms with Crippen LogP contribution in [0.15, 0.2) is 4.99 Å². The molecule has 0 fully saturated rings. The number of hydrogen-bond donors (Lipinski definition) is 0. The van der Waals surface area contributed by atoms with Crippen LogP contribution in [0.4, 0.5) is 0 Å². The summed E-state index contributed by atoms with van der Waals surface area (Å²) in [7, 11) is 0. The van der Waals surface area contributed by atoms with Crippen molar-refractivity contribution in [1.29, 1.82) is 0 Å². The van der Waals surface area contributed by atoms with Crippen LogP contribution < -0.4 is 0 Å². The first-order valence-electron chi connectivity index (χ1n) is 4.36. The topological polar surface area (TPSA) is 29.4 Å². The van der Waals surface area contributed by atoms with Gasteiger partial charge in [0.1, 0.15) is 0 Å². The van der Waals surface area contributed by atoms with Crippen LogP contribution in [0.2, 0.25) is 0 Å². The van der Waals surface area contributed by atoms with Crippen LogP contribution in [0.5, 0.6) is 0 Å². The minimum Gasteiger partial charge on any atom is -0.297 e. The van der Waals surface area contributed by atoms with Crippen LogP contribution >= 0.6 is 0 Å². The zero-order valence-electron chi connectivity index (χ0n) is 8.72. The molecule has 0 N–H and O–H groups in total. The first-order chi connectivity index (χ1) is 5.33. The number of ketones is 1. The molecule has 0 aliphatic carbocycles. The quantitative estimate of drug-likeness (QED) is 0.596. The van der Waals surface area contributed by atoms with Gasteiger partial charge in [-0.2, -0.15) is 0 Å². The standard InChI is InChI=1S/C10H19NO/c1-8(2)9(12)6-11-7-10(3,4)5/h7-8H,6H2,1-5H3. The third kappa shape index (κ3) is 6.08. The van der Waals surface area contributed by atoms with Gasteiger partial charge in [0, 0.05) is 12.1 Å². The summed E-state index contributed by atoms with van der Waals surface area (Å²) in [5, 5.41) is 0. The Hall–Kier alpha value is -0.660. The molecule has 0 spiro atoms. The van der Waals surface area contributed by atoms with Gasteiger partial charge in [0.15, 0.2) is 5.78 Å². The summed E-state index contributed by atoms with van der Waals surface area (Å²) >= 11 is 0. The molecule has 0 bridgehead atoms. The average Bonchev–Trinajstić information content (AvgIpc) is 1.84. The zero-order chi connectivity index (χ0) is 9.78. The van der Waals surface area contributed by atoms with Crippen molar-refractivity contribution in [3.8, 4) is 0 Å². The lowest BCUT2D eigenvalue weighted by Gasteiger charge is -2.09. The Bertz CT molecular complexity index is 175. The highest BCUT2D eigenvalue weighted by molar-refractivity contribution is 5.83. The van der Waals surface area contributed by atoms with Gasteiger partial charge in [0.2, 0.25) is 0 Å². The van der Waals surface area contributed by atoms with Crippen molar-refractivity contribution in [3.63, 3.8) is 0 Å². The summed E-state index contributed by atoms with van der Waals surface area (Å²) in [6.45, 7) is 10.3. The van der Waals surface area contributed by atoms with Crippen LogP contribution in [0.3, 0.4) is 0 Å². The second-order valence-corrected chi connectivity index (χ2v) is 4.46. The normalized spacial score (nSPS) is 12.8. The maximum Gasteiger partial charge on any atom is 0.156 e. The fourth-order valence-corrected chi connectivity index (χ4v) is 0.592. The van der Waals surface area contributed by atoms with Crippen molar-refractivity contribution in [1.82, 2.24) is 0 Å². The lowest BCUT2D eigenvalue weighted by molar-refractivity contribution is -0.120.